The number of amidine groups is 1. The van der Waals surface area contributed by atoms with Crippen LogP contribution < -0.4 is 0 Å². The monoisotopic (exact) mass is 192 g/mol. The number of ether oxygens (including phenoxy) is 1. The summed E-state index contributed by atoms with van der Waals surface area (Å²) in [5, 5.41) is 0. The highest BCUT2D eigenvalue weighted by Crippen LogP contribution is 2.12. The topological polar surface area (TPSA) is 34.0 Å². The van der Waals surface area contributed by atoms with Crippen molar-refractivity contribution in [1.29, 1.82) is 0 Å². The van der Waals surface area contributed by atoms with Gasteiger partial charge in [0.15, 0.2) is 11.6 Å². The van der Waals surface area contributed by atoms with E-state index in [-0.39, 0.29) is 0 Å². The van der Waals surface area contributed by atoms with E-state index in [1.165, 1.54) is 0 Å². The summed E-state index contributed by atoms with van der Waals surface area (Å²) < 4.78 is 5.45. The van der Waals surface area contributed by atoms with Crippen molar-refractivity contribution in [2.24, 2.45) is 9.98 Å². The summed E-state index contributed by atoms with van der Waals surface area (Å²) in [6.45, 7) is 6.40. The number of nitrogens with zero attached hydrogens (tertiary/aromatic N) is 2. The lowest BCUT2D eigenvalue weighted by molar-refractivity contribution is 0.212. The molecule has 3 heteroatoms. The molecule has 0 radical (unpaired) electrons. The normalized spacial score (nSPS) is 17.9. The van der Waals surface area contributed by atoms with Gasteiger partial charge in [-0.15, -0.1) is 0 Å². The Balaban J connectivity index is 2.72. The highest BCUT2D eigenvalue weighted by molar-refractivity contribution is 6.03. The number of aliphatic imine (C=N–C) groups is 2. The largest absolute Gasteiger partial charge is 0.490 e. The van der Waals surface area contributed by atoms with Crippen molar-refractivity contribution in [3.8, 4) is 0 Å². The van der Waals surface area contributed by atoms with Crippen LogP contribution in [-0.2, 0) is 4.74 Å². The average molecular weight is 192 g/mol. The summed E-state index contributed by atoms with van der Waals surface area (Å²) >= 11 is 0. The molecule has 0 saturated heterocycles. The van der Waals surface area contributed by atoms with Crippen LogP contribution in [0.1, 0.15) is 19.8 Å². The highest BCUT2D eigenvalue weighted by atomic mass is 16.5. The first-order valence-electron chi connectivity index (χ1n) is 4.73. The Kier molecular flexibility index (Phi) is 4.11. The van der Waals surface area contributed by atoms with Crippen LogP contribution in [0.5, 0.6) is 0 Å². The van der Waals surface area contributed by atoms with Gasteiger partial charge in [0.25, 0.3) is 0 Å². The Labute approximate surface area is 84.9 Å². The van der Waals surface area contributed by atoms with Gasteiger partial charge < -0.3 is 4.74 Å². The third-order valence-corrected chi connectivity index (χ3v) is 1.78. The predicted octanol–water partition coefficient (Wildman–Crippen LogP) is 2.36. The van der Waals surface area contributed by atoms with Crippen molar-refractivity contribution in [2.75, 3.05) is 13.7 Å². The summed E-state index contributed by atoms with van der Waals surface area (Å²) in [6, 6.07) is 0. The summed E-state index contributed by atoms with van der Waals surface area (Å²) in [6.07, 6.45) is 5.84. The van der Waals surface area contributed by atoms with Crippen LogP contribution in [0.15, 0.2) is 34.0 Å². The minimum absolute atomic E-state index is 0.646. The molecule has 0 amide bonds. The number of hydrogen-bond acceptors (Lipinski definition) is 2. The average Bonchev–Trinajstić information content (AvgIpc) is 2.20. The quantitative estimate of drug-likeness (QED) is 0.488. The van der Waals surface area contributed by atoms with Crippen LogP contribution in [0.4, 0.5) is 0 Å². The lowest BCUT2D eigenvalue weighted by Gasteiger charge is -2.13. The van der Waals surface area contributed by atoms with Crippen molar-refractivity contribution < 1.29 is 4.74 Å². The minimum atomic E-state index is 0.646. The molecule has 3 nitrogen and oxygen atoms in total. The molecular formula is C11H16N2O. The zero-order chi connectivity index (χ0) is 10.4. The van der Waals surface area contributed by atoms with Gasteiger partial charge in [0, 0.05) is 13.3 Å². The Hall–Kier alpha value is -1.38. The molecule has 1 aliphatic rings. The Morgan fingerprint density at radius 1 is 1.64 bits per heavy atom. The van der Waals surface area contributed by atoms with E-state index in [0.717, 1.165) is 30.8 Å². The van der Waals surface area contributed by atoms with Gasteiger partial charge in [-0.25, -0.2) is 4.99 Å². The third-order valence-electron chi connectivity index (χ3n) is 1.78. The van der Waals surface area contributed by atoms with Gasteiger partial charge in [-0.1, -0.05) is 6.58 Å². The van der Waals surface area contributed by atoms with Crippen LogP contribution in [0.25, 0.3) is 0 Å². The van der Waals surface area contributed by atoms with Gasteiger partial charge in [-0.05, 0) is 31.4 Å². The van der Waals surface area contributed by atoms with Gasteiger partial charge in [-0.2, -0.15) is 0 Å². The fourth-order valence-corrected chi connectivity index (χ4v) is 1.12. The molecule has 0 aromatic heterocycles. The maximum absolute atomic E-state index is 5.45. The van der Waals surface area contributed by atoms with Crippen LogP contribution in [-0.4, -0.2) is 25.7 Å². The van der Waals surface area contributed by atoms with Crippen LogP contribution in [0.3, 0.4) is 0 Å². The summed E-state index contributed by atoms with van der Waals surface area (Å²) in [7, 11) is 1.71. The molecule has 0 aliphatic carbocycles. The molecule has 0 aromatic carbocycles. The fraction of sp³-hybridized carbons (Fsp3) is 0.455. The standard InChI is InChI=1S/C11H16N2O/c1-9(2)8-13-11(12-3)10-6-4-5-7-14-10/h6,8H,1,4-5,7H2,2-3H3/b12-11-,13-8-. The predicted molar refractivity (Wildman–Crippen MR) is 59.9 cm³/mol. The lowest BCUT2D eigenvalue weighted by atomic mass is 10.2. The van der Waals surface area contributed by atoms with Crippen LogP contribution in [0, 0.1) is 0 Å². The Morgan fingerprint density at radius 3 is 2.93 bits per heavy atom. The van der Waals surface area contributed by atoms with E-state index in [2.05, 4.69) is 16.6 Å². The molecule has 0 spiro atoms. The molecular weight excluding hydrogens is 176 g/mol. The molecule has 0 fully saturated rings. The SMILES string of the molecule is C=C(C)/C=N\C(=N/C)C1=CCCCO1. The van der Waals surface area contributed by atoms with E-state index in [9.17, 15) is 0 Å². The lowest BCUT2D eigenvalue weighted by Crippen LogP contribution is -2.09. The third kappa shape index (κ3) is 3.17. The zero-order valence-corrected chi connectivity index (χ0v) is 8.79. The van der Waals surface area contributed by atoms with E-state index >= 15 is 0 Å². The van der Waals surface area contributed by atoms with Gasteiger partial charge in [0.2, 0.25) is 0 Å². The van der Waals surface area contributed by atoms with Crippen molar-refractivity contribution >= 4 is 12.1 Å². The van der Waals surface area contributed by atoms with Crippen molar-refractivity contribution in [3.05, 3.63) is 24.0 Å². The maximum atomic E-state index is 5.45. The summed E-state index contributed by atoms with van der Waals surface area (Å²) in [5.41, 5.74) is 0.905. The molecule has 0 bridgehead atoms. The van der Waals surface area contributed by atoms with E-state index in [1.807, 2.05) is 13.0 Å². The molecule has 1 rings (SSSR count). The van der Waals surface area contributed by atoms with Crippen LogP contribution >= 0.6 is 0 Å². The highest BCUT2D eigenvalue weighted by Gasteiger charge is 2.09. The molecule has 1 aliphatic heterocycles. The summed E-state index contributed by atoms with van der Waals surface area (Å²) in [4.78, 5) is 8.27. The van der Waals surface area contributed by atoms with Crippen molar-refractivity contribution in [3.63, 3.8) is 0 Å². The molecule has 76 valence electrons. The second kappa shape index (κ2) is 5.37. The van der Waals surface area contributed by atoms with E-state index in [1.54, 1.807) is 13.3 Å². The first-order chi connectivity index (χ1) is 6.74. The van der Waals surface area contributed by atoms with Gasteiger partial charge in [-0.3, -0.25) is 4.99 Å². The maximum Gasteiger partial charge on any atom is 0.189 e. The second-order valence-corrected chi connectivity index (χ2v) is 3.21. The molecule has 0 aromatic rings. The summed E-state index contributed by atoms with van der Waals surface area (Å²) in [5.74, 6) is 1.43. The first-order valence-corrected chi connectivity index (χ1v) is 4.73. The van der Waals surface area contributed by atoms with Gasteiger partial charge in [0.1, 0.15) is 0 Å². The van der Waals surface area contributed by atoms with E-state index in [4.69, 9.17) is 4.74 Å². The van der Waals surface area contributed by atoms with Crippen molar-refractivity contribution in [1.82, 2.24) is 0 Å². The molecule has 1 heterocycles. The number of rotatable bonds is 2. The zero-order valence-electron chi connectivity index (χ0n) is 8.79. The Bertz CT molecular complexity index is 300. The first kappa shape index (κ1) is 10.7. The molecule has 14 heavy (non-hydrogen) atoms. The molecule has 0 atom stereocenters. The van der Waals surface area contributed by atoms with Gasteiger partial charge >= 0.3 is 0 Å². The van der Waals surface area contributed by atoms with Crippen molar-refractivity contribution in [2.45, 2.75) is 19.8 Å². The van der Waals surface area contributed by atoms with E-state index in [0.29, 0.717) is 5.84 Å². The fourth-order valence-electron chi connectivity index (χ4n) is 1.12. The number of hydrogen-bond donors (Lipinski definition) is 0. The minimum Gasteiger partial charge on any atom is -0.490 e. The molecule has 0 unspecified atom stereocenters. The molecule has 0 N–H and O–H groups in total. The number of allylic oxidation sites excluding steroid dienone is 2. The van der Waals surface area contributed by atoms with Crippen LogP contribution in [0.2, 0.25) is 0 Å². The second-order valence-electron chi connectivity index (χ2n) is 3.21. The smallest absolute Gasteiger partial charge is 0.189 e. The Morgan fingerprint density at radius 2 is 2.43 bits per heavy atom. The van der Waals surface area contributed by atoms with Gasteiger partial charge in [0.05, 0.1) is 6.61 Å². The van der Waals surface area contributed by atoms with E-state index < -0.39 is 0 Å². The molecule has 0 saturated carbocycles.